The molecule has 0 unspecified atom stereocenters. The number of pyridine rings is 1. The second-order valence-corrected chi connectivity index (χ2v) is 6.39. The number of halogens is 2. The van der Waals surface area contributed by atoms with Gasteiger partial charge < -0.3 is 10.1 Å². The summed E-state index contributed by atoms with van der Waals surface area (Å²) in [5.41, 5.74) is 0.473. The summed E-state index contributed by atoms with van der Waals surface area (Å²) in [7, 11) is 0. The molecule has 1 amide bonds. The van der Waals surface area contributed by atoms with E-state index < -0.39 is 11.7 Å². The average Bonchev–Trinajstić information content (AvgIpc) is 2.30. The van der Waals surface area contributed by atoms with Crippen molar-refractivity contribution in [1.29, 1.82) is 0 Å². The van der Waals surface area contributed by atoms with Gasteiger partial charge in [0, 0.05) is 17.2 Å². The van der Waals surface area contributed by atoms with E-state index in [1.807, 2.05) is 32.9 Å². The number of alkyl carbamates (subject to hydrolysis) is 1. The van der Waals surface area contributed by atoms with E-state index in [4.69, 9.17) is 16.3 Å². The van der Waals surface area contributed by atoms with Crippen molar-refractivity contribution >= 4 is 39.7 Å². The molecule has 0 fully saturated rings. The van der Waals surface area contributed by atoms with Crippen molar-refractivity contribution in [3.63, 3.8) is 0 Å². The van der Waals surface area contributed by atoms with Crippen molar-refractivity contribution in [2.75, 3.05) is 6.54 Å². The second-order valence-electron chi connectivity index (χ2n) is 5.15. The highest BCUT2D eigenvalue weighted by Crippen LogP contribution is 2.20. The van der Waals surface area contributed by atoms with E-state index in [2.05, 4.69) is 26.2 Å². The fraction of sp³-hybridized carbons (Fsp3) is 0.429. The van der Waals surface area contributed by atoms with E-state index in [9.17, 15) is 4.79 Å². The topological polar surface area (TPSA) is 51.2 Å². The SMILES string of the molecule is CC(C)(C)OC(=O)NCCC=Cc1cc(Cl)ncc1Br. The summed E-state index contributed by atoms with van der Waals surface area (Å²) in [6.07, 6.45) is 5.83. The smallest absolute Gasteiger partial charge is 0.407 e. The van der Waals surface area contributed by atoms with Gasteiger partial charge in [-0.05, 0) is 54.8 Å². The Balaban J connectivity index is 2.36. The molecule has 1 N–H and O–H groups in total. The van der Waals surface area contributed by atoms with Crippen LogP contribution in [0.4, 0.5) is 4.79 Å². The van der Waals surface area contributed by atoms with Gasteiger partial charge in [-0.1, -0.05) is 23.8 Å². The summed E-state index contributed by atoms with van der Waals surface area (Å²) in [5.74, 6) is 0. The molecule has 1 aromatic heterocycles. The van der Waals surface area contributed by atoms with E-state index in [1.54, 1.807) is 12.3 Å². The third-order valence-electron chi connectivity index (χ3n) is 2.13. The summed E-state index contributed by atoms with van der Waals surface area (Å²) >= 11 is 9.21. The number of rotatable bonds is 4. The molecule has 4 nitrogen and oxygen atoms in total. The van der Waals surface area contributed by atoms with Gasteiger partial charge in [-0.15, -0.1) is 0 Å². The van der Waals surface area contributed by atoms with Crippen LogP contribution in [0.5, 0.6) is 0 Å². The van der Waals surface area contributed by atoms with Crippen LogP contribution < -0.4 is 5.32 Å². The molecule has 0 bridgehead atoms. The largest absolute Gasteiger partial charge is 0.444 e. The van der Waals surface area contributed by atoms with Crippen molar-refractivity contribution in [3.8, 4) is 0 Å². The number of amides is 1. The molecule has 0 aromatic carbocycles. The minimum Gasteiger partial charge on any atom is -0.444 e. The minimum absolute atomic E-state index is 0.404. The molecule has 1 rings (SSSR count). The highest BCUT2D eigenvalue weighted by Gasteiger charge is 2.15. The molecule has 0 spiro atoms. The van der Waals surface area contributed by atoms with Gasteiger partial charge in [0.2, 0.25) is 0 Å². The Labute approximate surface area is 132 Å². The van der Waals surface area contributed by atoms with Crippen LogP contribution in [0.1, 0.15) is 32.8 Å². The lowest BCUT2D eigenvalue weighted by Crippen LogP contribution is -2.32. The fourth-order valence-electron chi connectivity index (χ4n) is 1.34. The Morgan fingerprint density at radius 2 is 2.25 bits per heavy atom. The van der Waals surface area contributed by atoms with Crippen LogP contribution in [0.3, 0.4) is 0 Å². The molecular formula is C14H18BrClN2O2. The fourth-order valence-corrected chi connectivity index (χ4v) is 1.85. The van der Waals surface area contributed by atoms with Crippen molar-refractivity contribution in [2.24, 2.45) is 0 Å². The molecule has 0 aliphatic rings. The third kappa shape index (κ3) is 6.91. The maximum absolute atomic E-state index is 11.4. The predicted octanol–water partition coefficient (Wildman–Crippen LogP) is 4.43. The van der Waals surface area contributed by atoms with Gasteiger partial charge in [-0.3, -0.25) is 0 Å². The number of ether oxygens (including phenoxy) is 1. The lowest BCUT2D eigenvalue weighted by molar-refractivity contribution is 0.0529. The first-order valence-corrected chi connectivity index (χ1v) is 7.39. The van der Waals surface area contributed by atoms with Gasteiger partial charge in [0.25, 0.3) is 0 Å². The van der Waals surface area contributed by atoms with Gasteiger partial charge in [0.15, 0.2) is 0 Å². The molecule has 0 aliphatic carbocycles. The van der Waals surface area contributed by atoms with Gasteiger partial charge in [-0.25, -0.2) is 9.78 Å². The summed E-state index contributed by atoms with van der Waals surface area (Å²) < 4.78 is 6.00. The number of nitrogens with one attached hydrogen (secondary N) is 1. The van der Waals surface area contributed by atoms with Gasteiger partial charge in [0.05, 0.1) is 0 Å². The van der Waals surface area contributed by atoms with Crippen LogP contribution in [-0.2, 0) is 4.74 Å². The van der Waals surface area contributed by atoms with E-state index in [1.165, 1.54) is 0 Å². The van der Waals surface area contributed by atoms with E-state index in [0.29, 0.717) is 18.1 Å². The molecule has 0 saturated carbocycles. The van der Waals surface area contributed by atoms with E-state index in [-0.39, 0.29) is 0 Å². The Morgan fingerprint density at radius 1 is 1.55 bits per heavy atom. The molecule has 1 aromatic rings. The maximum Gasteiger partial charge on any atom is 0.407 e. The molecular weight excluding hydrogens is 344 g/mol. The van der Waals surface area contributed by atoms with Gasteiger partial charge in [0.1, 0.15) is 10.8 Å². The van der Waals surface area contributed by atoms with Crippen molar-refractivity contribution in [1.82, 2.24) is 10.3 Å². The van der Waals surface area contributed by atoms with Gasteiger partial charge in [-0.2, -0.15) is 0 Å². The maximum atomic E-state index is 11.4. The molecule has 0 radical (unpaired) electrons. The summed E-state index contributed by atoms with van der Waals surface area (Å²) in [6, 6.07) is 1.77. The van der Waals surface area contributed by atoms with Crippen LogP contribution in [0, 0.1) is 0 Å². The van der Waals surface area contributed by atoms with E-state index in [0.717, 1.165) is 10.0 Å². The zero-order chi connectivity index (χ0) is 15.2. The number of hydrogen-bond acceptors (Lipinski definition) is 3. The quantitative estimate of drug-likeness (QED) is 0.638. The standard InChI is InChI=1S/C14H18BrClN2O2/c1-14(2,3)20-13(19)17-7-5-4-6-10-8-12(16)18-9-11(10)15/h4,6,8-9H,5,7H2,1-3H3,(H,17,19). The average molecular weight is 362 g/mol. The number of aromatic nitrogens is 1. The molecule has 0 aliphatic heterocycles. The normalized spacial score (nSPS) is 11.7. The highest BCUT2D eigenvalue weighted by molar-refractivity contribution is 9.10. The monoisotopic (exact) mass is 360 g/mol. The molecule has 6 heteroatoms. The molecule has 1 heterocycles. The lowest BCUT2D eigenvalue weighted by Gasteiger charge is -2.19. The number of nitrogens with zero attached hydrogens (tertiary/aromatic N) is 1. The first kappa shape index (κ1) is 17.0. The zero-order valence-electron chi connectivity index (χ0n) is 11.7. The van der Waals surface area contributed by atoms with Crippen molar-refractivity contribution < 1.29 is 9.53 Å². The first-order valence-electron chi connectivity index (χ1n) is 6.22. The zero-order valence-corrected chi connectivity index (χ0v) is 14.1. The predicted molar refractivity (Wildman–Crippen MR) is 84.8 cm³/mol. The van der Waals surface area contributed by atoms with E-state index >= 15 is 0 Å². The van der Waals surface area contributed by atoms with Crippen molar-refractivity contribution in [2.45, 2.75) is 32.8 Å². The van der Waals surface area contributed by atoms with Crippen LogP contribution >= 0.6 is 27.5 Å². The highest BCUT2D eigenvalue weighted by atomic mass is 79.9. The second kappa shape index (κ2) is 7.64. The summed E-state index contributed by atoms with van der Waals surface area (Å²) in [5, 5.41) is 3.13. The number of hydrogen-bond donors (Lipinski definition) is 1. The molecule has 110 valence electrons. The third-order valence-corrected chi connectivity index (χ3v) is 3.00. The molecule has 20 heavy (non-hydrogen) atoms. The summed E-state index contributed by atoms with van der Waals surface area (Å²) in [4.78, 5) is 15.4. The van der Waals surface area contributed by atoms with Crippen LogP contribution in [0.15, 0.2) is 22.8 Å². The Morgan fingerprint density at radius 3 is 2.90 bits per heavy atom. The molecule has 0 atom stereocenters. The van der Waals surface area contributed by atoms with Crippen LogP contribution in [0.25, 0.3) is 6.08 Å². The number of carbonyl (C=O) groups excluding carboxylic acids is 1. The first-order chi connectivity index (χ1) is 9.28. The Bertz CT molecular complexity index is 498. The van der Waals surface area contributed by atoms with Crippen LogP contribution in [0.2, 0.25) is 5.15 Å². The van der Waals surface area contributed by atoms with Crippen molar-refractivity contribution in [3.05, 3.63) is 33.5 Å². The lowest BCUT2D eigenvalue weighted by atomic mass is 10.2. The minimum atomic E-state index is -0.474. The number of carbonyl (C=O) groups is 1. The van der Waals surface area contributed by atoms with Crippen LogP contribution in [-0.4, -0.2) is 23.2 Å². The molecule has 0 saturated heterocycles. The Kier molecular flexibility index (Phi) is 6.49. The summed E-state index contributed by atoms with van der Waals surface area (Å²) in [6.45, 7) is 6.01. The van der Waals surface area contributed by atoms with Gasteiger partial charge >= 0.3 is 6.09 Å². The Hall–Kier alpha value is -1.07.